The van der Waals surface area contributed by atoms with Crippen molar-refractivity contribution in [2.75, 3.05) is 6.61 Å². The third-order valence-corrected chi connectivity index (χ3v) is 5.57. The number of esters is 1. The zero-order chi connectivity index (χ0) is 20.9. The Bertz CT molecular complexity index is 330. The van der Waals surface area contributed by atoms with Crippen LogP contribution in [0.1, 0.15) is 150 Å². The molecule has 0 aromatic heterocycles. The Morgan fingerprint density at radius 3 is 1.50 bits per heavy atom. The Morgan fingerprint density at radius 1 is 0.607 bits per heavy atom. The summed E-state index contributed by atoms with van der Waals surface area (Å²) in [4.78, 5) is 11.7. The predicted octanol–water partition coefficient (Wildman–Crippen LogP) is 9.01. The molecular weight excluding hydrogens is 344 g/mol. The minimum atomic E-state index is 0.00505. The zero-order valence-corrected chi connectivity index (χ0v) is 20.0. The van der Waals surface area contributed by atoms with Crippen LogP contribution in [-0.2, 0) is 9.53 Å². The third-order valence-electron chi connectivity index (χ3n) is 5.57. The standard InChI is InChI=1S/C26H52O2/c1-5-6-7-8-9-10-11-12-13-14-15-16-17-21-24-28-25(27)22-19-18-20-23-26(2,3)4/h5-24H2,1-4H3. The van der Waals surface area contributed by atoms with Gasteiger partial charge < -0.3 is 4.74 Å². The van der Waals surface area contributed by atoms with Crippen molar-refractivity contribution in [2.24, 2.45) is 5.41 Å². The first-order valence-electron chi connectivity index (χ1n) is 12.6. The molecule has 0 rings (SSSR count). The lowest BCUT2D eigenvalue weighted by molar-refractivity contribution is -0.143. The van der Waals surface area contributed by atoms with Gasteiger partial charge >= 0.3 is 5.97 Å². The summed E-state index contributed by atoms with van der Waals surface area (Å²) >= 11 is 0. The first kappa shape index (κ1) is 27.5. The molecule has 0 amide bonds. The molecule has 0 aliphatic heterocycles. The molecule has 0 saturated heterocycles. The number of rotatable bonds is 20. The molecule has 0 aliphatic carbocycles. The van der Waals surface area contributed by atoms with Gasteiger partial charge in [0.25, 0.3) is 0 Å². The molecule has 0 aromatic rings. The second-order valence-electron chi connectivity index (χ2n) is 9.94. The van der Waals surface area contributed by atoms with Crippen LogP contribution >= 0.6 is 0 Å². The fraction of sp³-hybridized carbons (Fsp3) is 0.962. The summed E-state index contributed by atoms with van der Waals surface area (Å²) in [5.74, 6) is 0.00505. The number of ether oxygens (including phenoxy) is 1. The maximum atomic E-state index is 11.7. The molecule has 0 atom stereocenters. The van der Waals surface area contributed by atoms with Crippen LogP contribution in [0.4, 0.5) is 0 Å². The maximum Gasteiger partial charge on any atom is 0.305 e. The quantitative estimate of drug-likeness (QED) is 0.151. The van der Waals surface area contributed by atoms with E-state index >= 15 is 0 Å². The molecule has 2 nitrogen and oxygen atoms in total. The lowest BCUT2D eigenvalue weighted by Gasteiger charge is -2.17. The number of hydrogen-bond donors (Lipinski definition) is 0. The molecular formula is C26H52O2. The van der Waals surface area contributed by atoms with Crippen molar-refractivity contribution in [3.8, 4) is 0 Å². The van der Waals surface area contributed by atoms with Gasteiger partial charge in [-0.1, -0.05) is 124 Å². The van der Waals surface area contributed by atoms with Gasteiger partial charge in [0, 0.05) is 6.42 Å². The molecule has 2 heteroatoms. The number of carbonyl (C=O) groups is 1. The van der Waals surface area contributed by atoms with Crippen LogP contribution in [0.3, 0.4) is 0 Å². The number of hydrogen-bond acceptors (Lipinski definition) is 2. The van der Waals surface area contributed by atoms with Gasteiger partial charge in [-0.25, -0.2) is 0 Å². The summed E-state index contributed by atoms with van der Waals surface area (Å²) in [6.07, 6.45) is 24.2. The molecule has 0 saturated carbocycles. The summed E-state index contributed by atoms with van der Waals surface area (Å²) in [5.41, 5.74) is 0.411. The van der Waals surface area contributed by atoms with E-state index in [1.807, 2.05) is 0 Å². The Balaban J connectivity index is 3.17. The molecule has 0 bridgehead atoms. The molecule has 0 radical (unpaired) electrons. The van der Waals surface area contributed by atoms with E-state index in [-0.39, 0.29) is 5.97 Å². The van der Waals surface area contributed by atoms with Crippen molar-refractivity contribution in [1.29, 1.82) is 0 Å². The molecule has 168 valence electrons. The molecule has 0 spiro atoms. The summed E-state index contributed by atoms with van der Waals surface area (Å²) in [6.45, 7) is 9.73. The Kier molecular flexibility index (Phi) is 19.4. The minimum Gasteiger partial charge on any atom is -0.466 e. The van der Waals surface area contributed by atoms with Gasteiger partial charge in [0.2, 0.25) is 0 Å². The molecule has 0 heterocycles. The van der Waals surface area contributed by atoms with Crippen LogP contribution in [0.25, 0.3) is 0 Å². The second kappa shape index (κ2) is 19.8. The van der Waals surface area contributed by atoms with E-state index in [4.69, 9.17) is 4.74 Å². The zero-order valence-electron chi connectivity index (χ0n) is 20.0. The highest BCUT2D eigenvalue weighted by Gasteiger charge is 2.09. The summed E-state index contributed by atoms with van der Waals surface area (Å²) in [6, 6.07) is 0. The number of carbonyl (C=O) groups excluding carboxylic acids is 1. The Morgan fingerprint density at radius 2 is 1.04 bits per heavy atom. The fourth-order valence-electron chi connectivity index (χ4n) is 3.66. The van der Waals surface area contributed by atoms with Crippen LogP contribution < -0.4 is 0 Å². The van der Waals surface area contributed by atoms with Gasteiger partial charge in [-0.2, -0.15) is 0 Å². The van der Waals surface area contributed by atoms with Gasteiger partial charge in [-0.3, -0.25) is 4.79 Å². The highest BCUT2D eigenvalue weighted by atomic mass is 16.5. The van der Waals surface area contributed by atoms with Gasteiger partial charge in [0.05, 0.1) is 6.61 Å². The molecule has 0 fully saturated rings. The van der Waals surface area contributed by atoms with Crippen molar-refractivity contribution in [2.45, 2.75) is 150 Å². The summed E-state index contributed by atoms with van der Waals surface area (Å²) in [5, 5.41) is 0. The van der Waals surface area contributed by atoms with Crippen LogP contribution in [0.15, 0.2) is 0 Å². The van der Waals surface area contributed by atoms with Crippen molar-refractivity contribution in [3.63, 3.8) is 0 Å². The maximum absolute atomic E-state index is 11.7. The van der Waals surface area contributed by atoms with Crippen LogP contribution in [0.5, 0.6) is 0 Å². The first-order chi connectivity index (χ1) is 13.5. The average Bonchev–Trinajstić information content (AvgIpc) is 2.63. The highest BCUT2D eigenvalue weighted by Crippen LogP contribution is 2.22. The van der Waals surface area contributed by atoms with E-state index < -0.39 is 0 Å². The van der Waals surface area contributed by atoms with E-state index in [0.717, 1.165) is 19.3 Å². The second-order valence-corrected chi connectivity index (χ2v) is 9.94. The molecule has 0 N–H and O–H groups in total. The monoisotopic (exact) mass is 396 g/mol. The lowest BCUT2D eigenvalue weighted by atomic mass is 9.89. The van der Waals surface area contributed by atoms with Crippen LogP contribution in [0, 0.1) is 5.41 Å². The minimum absolute atomic E-state index is 0.00505. The van der Waals surface area contributed by atoms with E-state index in [0.29, 0.717) is 18.4 Å². The topological polar surface area (TPSA) is 26.3 Å². The van der Waals surface area contributed by atoms with E-state index in [1.165, 1.54) is 96.3 Å². The van der Waals surface area contributed by atoms with Crippen molar-refractivity contribution >= 4 is 5.97 Å². The summed E-state index contributed by atoms with van der Waals surface area (Å²) < 4.78 is 5.36. The van der Waals surface area contributed by atoms with Gasteiger partial charge in [-0.15, -0.1) is 0 Å². The van der Waals surface area contributed by atoms with Crippen molar-refractivity contribution in [1.82, 2.24) is 0 Å². The smallest absolute Gasteiger partial charge is 0.305 e. The molecule has 0 aromatic carbocycles. The predicted molar refractivity (Wildman–Crippen MR) is 124 cm³/mol. The highest BCUT2D eigenvalue weighted by molar-refractivity contribution is 5.69. The Labute approximate surface area is 177 Å². The normalized spacial score (nSPS) is 11.7. The van der Waals surface area contributed by atoms with Gasteiger partial charge in [0.15, 0.2) is 0 Å². The molecule has 28 heavy (non-hydrogen) atoms. The first-order valence-corrected chi connectivity index (χ1v) is 12.6. The van der Waals surface area contributed by atoms with Crippen LogP contribution in [0.2, 0.25) is 0 Å². The average molecular weight is 397 g/mol. The van der Waals surface area contributed by atoms with Gasteiger partial charge in [-0.05, 0) is 24.7 Å². The summed E-state index contributed by atoms with van der Waals surface area (Å²) in [7, 11) is 0. The van der Waals surface area contributed by atoms with E-state index in [9.17, 15) is 4.79 Å². The number of unbranched alkanes of at least 4 members (excludes halogenated alkanes) is 15. The van der Waals surface area contributed by atoms with Gasteiger partial charge in [0.1, 0.15) is 0 Å². The molecule has 0 unspecified atom stereocenters. The Hall–Kier alpha value is -0.530. The third kappa shape index (κ3) is 23.5. The van der Waals surface area contributed by atoms with Crippen molar-refractivity contribution < 1.29 is 9.53 Å². The molecule has 0 aliphatic rings. The lowest BCUT2D eigenvalue weighted by Crippen LogP contribution is -2.06. The fourth-order valence-corrected chi connectivity index (χ4v) is 3.66. The SMILES string of the molecule is CCCCCCCCCCCCCCCCOC(=O)CCCCCC(C)(C)C. The largest absolute Gasteiger partial charge is 0.466 e. The van der Waals surface area contributed by atoms with Crippen LogP contribution in [-0.4, -0.2) is 12.6 Å². The van der Waals surface area contributed by atoms with E-state index in [2.05, 4.69) is 27.7 Å². The van der Waals surface area contributed by atoms with Crippen molar-refractivity contribution in [3.05, 3.63) is 0 Å². The van der Waals surface area contributed by atoms with E-state index in [1.54, 1.807) is 0 Å².